The smallest absolute Gasteiger partial charge is 0.293 e. The fourth-order valence-corrected chi connectivity index (χ4v) is 3.74. The van der Waals surface area contributed by atoms with Crippen LogP contribution in [0.15, 0.2) is 47.4 Å². The first kappa shape index (κ1) is 20.0. The van der Waals surface area contributed by atoms with Crippen LogP contribution in [0, 0.1) is 6.92 Å². The second kappa shape index (κ2) is 8.97. The Balaban J connectivity index is 1.83. The number of nitrogens with zero attached hydrogens (tertiary/aromatic N) is 1. The van der Waals surface area contributed by atoms with Crippen molar-refractivity contribution in [2.45, 2.75) is 27.3 Å². The third-order valence-electron chi connectivity index (χ3n) is 4.33. The van der Waals surface area contributed by atoms with Gasteiger partial charge in [0.15, 0.2) is 11.5 Å². The molecule has 0 aromatic heterocycles. The lowest BCUT2D eigenvalue weighted by atomic mass is 10.1. The molecule has 0 N–H and O–H groups in total. The van der Waals surface area contributed by atoms with Gasteiger partial charge in [-0.2, -0.15) is 0 Å². The summed E-state index contributed by atoms with van der Waals surface area (Å²) in [6.07, 6.45) is 1.72. The molecule has 0 spiro atoms. The molecule has 1 saturated heterocycles. The molecule has 0 saturated carbocycles. The van der Waals surface area contributed by atoms with E-state index in [0.717, 1.165) is 28.5 Å². The minimum absolute atomic E-state index is 0.254. The lowest BCUT2D eigenvalue weighted by molar-refractivity contribution is -0.123. The molecule has 3 rings (SSSR count). The van der Waals surface area contributed by atoms with Crippen LogP contribution in [0.25, 0.3) is 6.08 Å². The van der Waals surface area contributed by atoms with E-state index >= 15 is 0 Å². The Morgan fingerprint density at radius 3 is 2.43 bits per heavy atom. The van der Waals surface area contributed by atoms with Gasteiger partial charge in [-0.1, -0.05) is 30.3 Å². The molecule has 0 bridgehead atoms. The lowest BCUT2D eigenvalue weighted by Crippen LogP contribution is -2.27. The highest BCUT2D eigenvalue weighted by Gasteiger charge is 2.35. The minimum atomic E-state index is -0.273. The number of hydrogen-bond donors (Lipinski definition) is 0. The van der Waals surface area contributed by atoms with Crippen LogP contribution in [0.3, 0.4) is 0 Å². The molecule has 2 aromatic carbocycles. The zero-order valence-electron chi connectivity index (χ0n) is 16.2. The molecule has 1 heterocycles. The maximum Gasteiger partial charge on any atom is 0.293 e. The number of amides is 2. The van der Waals surface area contributed by atoms with Crippen LogP contribution in [-0.2, 0) is 11.3 Å². The van der Waals surface area contributed by atoms with Crippen LogP contribution < -0.4 is 9.47 Å². The predicted octanol–water partition coefficient (Wildman–Crippen LogP) is 5.03. The highest BCUT2D eigenvalue weighted by molar-refractivity contribution is 8.18. The fraction of sp³-hybridized carbons (Fsp3) is 0.273. The van der Waals surface area contributed by atoms with Gasteiger partial charge in [0.1, 0.15) is 0 Å². The number of aryl methyl sites for hydroxylation is 1. The Labute approximate surface area is 169 Å². The van der Waals surface area contributed by atoms with E-state index in [4.69, 9.17) is 9.47 Å². The first-order chi connectivity index (χ1) is 13.5. The standard InChI is InChI=1S/C22H23NO4S/c1-4-26-18-11-10-16(12-19(18)27-5-2)13-20-21(24)23(22(25)28-20)14-17-9-7-6-8-15(17)3/h6-13H,4-5,14H2,1-3H3/b20-13-. The lowest BCUT2D eigenvalue weighted by Gasteiger charge is -2.14. The minimum Gasteiger partial charge on any atom is -0.490 e. The van der Waals surface area contributed by atoms with E-state index in [1.807, 2.05) is 63.2 Å². The molecule has 1 fully saturated rings. The van der Waals surface area contributed by atoms with Crippen LogP contribution in [0.1, 0.15) is 30.5 Å². The van der Waals surface area contributed by atoms with E-state index in [-0.39, 0.29) is 17.7 Å². The van der Waals surface area contributed by atoms with Crippen molar-refractivity contribution in [1.82, 2.24) is 4.90 Å². The Morgan fingerprint density at radius 2 is 1.71 bits per heavy atom. The third-order valence-corrected chi connectivity index (χ3v) is 5.24. The van der Waals surface area contributed by atoms with Gasteiger partial charge in [0.2, 0.25) is 0 Å². The number of benzene rings is 2. The molecule has 0 atom stereocenters. The maximum atomic E-state index is 12.8. The largest absolute Gasteiger partial charge is 0.490 e. The maximum absolute atomic E-state index is 12.8. The molecule has 1 aliphatic rings. The van der Waals surface area contributed by atoms with Gasteiger partial charge < -0.3 is 9.47 Å². The summed E-state index contributed by atoms with van der Waals surface area (Å²) in [5.74, 6) is 1.01. The van der Waals surface area contributed by atoms with Crippen LogP contribution in [0.4, 0.5) is 4.79 Å². The molecule has 0 radical (unpaired) electrons. The zero-order chi connectivity index (χ0) is 20.1. The molecule has 28 heavy (non-hydrogen) atoms. The van der Waals surface area contributed by atoms with Crippen molar-refractivity contribution in [3.8, 4) is 11.5 Å². The molecular formula is C22H23NO4S. The van der Waals surface area contributed by atoms with Gasteiger partial charge in [-0.05, 0) is 67.4 Å². The summed E-state index contributed by atoms with van der Waals surface area (Å²) in [7, 11) is 0. The van der Waals surface area contributed by atoms with E-state index in [0.29, 0.717) is 29.6 Å². The van der Waals surface area contributed by atoms with Crippen molar-refractivity contribution in [3.05, 3.63) is 64.1 Å². The van der Waals surface area contributed by atoms with E-state index in [1.54, 1.807) is 6.08 Å². The highest BCUT2D eigenvalue weighted by Crippen LogP contribution is 2.35. The van der Waals surface area contributed by atoms with Gasteiger partial charge in [0, 0.05) is 0 Å². The van der Waals surface area contributed by atoms with Gasteiger partial charge in [0.25, 0.3) is 11.1 Å². The first-order valence-corrected chi connectivity index (χ1v) is 10.0. The molecule has 0 unspecified atom stereocenters. The van der Waals surface area contributed by atoms with Gasteiger partial charge in [0.05, 0.1) is 24.7 Å². The number of rotatable bonds is 7. The summed E-state index contributed by atoms with van der Waals surface area (Å²) < 4.78 is 11.2. The van der Waals surface area contributed by atoms with Gasteiger partial charge in [-0.15, -0.1) is 0 Å². The number of hydrogen-bond acceptors (Lipinski definition) is 5. The van der Waals surface area contributed by atoms with Crippen LogP contribution in [0.2, 0.25) is 0 Å². The van der Waals surface area contributed by atoms with E-state index in [9.17, 15) is 9.59 Å². The second-order valence-corrected chi connectivity index (χ2v) is 7.26. The molecular weight excluding hydrogens is 374 g/mol. The van der Waals surface area contributed by atoms with E-state index < -0.39 is 0 Å². The summed E-state index contributed by atoms with van der Waals surface area (Å²) >= 11 is 0.962. The van der Waals surface area contributed by atoms with Crippen molar-refractivity contribution >= 4 is 29.0 Å². The van der Waals surface area contributed by atoms with E-state index in [2.05, 4.69) is 0 Å². The normalized spacial score (nSPS) is 15.4. The Kier molecular flexibility index (Phi) is 6.41. The third kappa shape index (κ3) is 4.39. The SMILES string of the molecule is CCOc1ccc(/C=C2\SC(=O)N(Cc3ccccc3C)C2=O)cc1OCC. The summed E-state index contributed by atoms with van der Waals surface area (Å²) in [5, 5.41) is -0.254. The second-order valence-electron chi connectivity index (χ2n) is 6.27. The summed E-state index contributed by atoms with van der Waals surface area (Å²) in [4.78, 5) is 26.9. The Morgan fingerprint density at radius 1 is 1.00 bits per heavy atom. The molecule has 146 valence electrons. The number of ether oxygens (including phenoxy) is 2. The van der Waals surface area contributed by atoms with Crippen LogP contribution in [-0.4, -0.2) is 29.3 Å². The molecule has 6 heteroatoms. The number of carbonyl (C=O) groups is 2. The Hall–Kier alpha value is -2.73. The zero-order valence-corrected chi connectivity index (χ0v) is 17.0. The molecule has 1 aliphatic heterocycles. The summed E-state index contributed by atoms with van der Waals surface area (Å²) in [5.41, 5.74) is 2.80. The molecule has 2 aromatic rings. The fourth-order valence-electron chi connectivity index (χ4n) is 2.90. The Bertz CT molecular complexity index is 923. The molecule has 2 amide bonds. The monoisotopic (exact) mass is 397 g/mol. The van der Waals surface area contributed by atoms with Crippen molar-refractivity contribution < 1.29 is 19.1 Å². The summed E-state index contributed by atoms with van der Waals surface area (Å²) in [6, 6.07) is 13.2. The van der Waals surface area contributed by atoms with Crippen molar-refractivity contribution in [3.63, 3.8) is 0 Å². The van der Waals surface area contributed by atoms with Gasteiger partial charge >= 0.3 is 0 Å². The van der Waals surface area contributed by atoms with Crippen LogP contribution in [0.5, 0.6) is 11.5 Å². The van der Waals surface area contributed by atoms with Gasteiger partial charge in [-0.3, -0.25) is 14.5 Å². The first-order valence-electron chi connectivity index (χ1n) is 9.23. The van der Waals surface area contributed by atoms with Crippen molar-refractivity contribution in [1.29, 1.82) is 0 Å². The van der Waals surface area contributed by atoms with Crippen LogP contribution >= 0.6 is 11.8 Å². The predicted molar refractivity (Wildman–Crippen MR) is 111 cm³/mol. The molecule has 5 nitrogen and oxygen atoms in total. The summed E-state index contributed by atoms with van der Waals surface area (Å²) in [6.45, 7) is 7.11. The highest BCUT2D eigenvalue weighted by atomic mass is 32.2. The quantitative estimate of drug-likeness (QED) is 0.614. The van der Waals surface area contributed by atoms with E-state index in [1.165, 1.54) is 4.90 Å². The number of imide groups is 1. The average Bonchev–Trinajstić information content (AvgIpc) is 2.93. The number of thioether (sulfide) groups is 1. The average molecular weight is 397 g/mol. The number of carbonyl (C=O) groups excluding carboxylic acids is 2. The van der Waals surface area contributed by atoms with Gasteiger partial charge in [-0.25, -0.2) is 0 Å². The molecule has 0 aliphatic carbocycles. The van der Waals surface area contributed by atoms with Crippen molar-refractivity contribution in [2.24, 2.45) is 0 Å². The van der Waals surface area contributed by atoms with Crippen molar-refractivity contribution in [2.75, 3.05) is 13.2 Å². The topological polar surface area (TPSA) is 55.8 Å².